The molecule has 0 aromatic heterocycles. The van der Waals surface area contributed by atoms with Crippen LogP contribution in [-0.4, -0.2) is 71.1 Å². The average Bonchev–Trinajstić information content (AvgIpc) is 2.71. The fraction of sp³-hybridized carbons (Fsp3) is 1.00. The Labute approximate surface area is 170 Å². The van der Waals surface area contributed by atoms with E-state index >= 15 is 0 Å². The van der Waals surface area contributed by atoms with Gasteiger partial charge in [-0.25, -0.2) is 0 Å². The Morgan fingerprint density at radius 1 is 0.786 bits per heavy atom. The van der Waals surface area contributed by atoms with Crippen molar-refractivity contribution in [2.24, 2.45) is 0 Å². The van der Waals surface area contributed by atoms with Crippen LogP contribution in [0.1, 0.15) is 84.0 Å². The van der Waals surface area contributed by atoms with Gasteiger partial charge in [-0.1, -0.05) is 77.6 Å². The van der Waals surface area contributed by atoms with Gasteiger partial charge < -0.3 is 34.6 Å². The standard InChI is InChI=1S/C21H42O7/c1-3-4-5-6-7-8-9-10-11-12-13-14-15-27-21(16-22)19(25)17(23)18(24)20(26-2)28-21/h17-20,22-25H,3-16H2,1-2H3/t17-,18+,19-,20+,21?/m1/s1. The normalized spacial score (nSPS) is 30.6. The second kappa shape index (κ2) is 14.7. The average molecular weight is 407 g/mol. The van der Waals surface area contributed by atoms with E-state index in [1.165, 1.54) is 64.9 Å². The third-order valence-electron chi connectivity index (χ3n) is 5.52. The van der Waals surface area contributed by atoms with Crippen LogP contribution in [0, 0.1) is 0 Å². The minimum Gasteiger partial charge on any atom is -0.391 e. The van der Waals surface area contributed by atoms with Crippen molar-refractivity contribution >= 4 is 0 Å². The molecule has 1 heterocycles. The number of unbranched alkanes of at least 4 members (excludes halogenated alkanes) is 11. The third kappa shape index (κ3) is 8.22. The maximum absolute atomic E-state index is 10.2. The van der Waals surface area contributed by atoms with Gasteiger partial charge in [-0.15, -0.1) is 0 Å². The number of aliphatic hydroxyl groups is 4. The minimum atomic E-state index is -1.78. The fourth-order valence-corrected chi connectivity index (χ4v) is 3.62. The van der Waals surface area contributed by atoms with E-state index < -0.39 is 37.0 Å². The van der Waals surface area contributed by atoms with E-state index in [0.717, 1.165) is 19.3 Å². The summed E-state index contributed by atoms with van der Waals surface area (Å²) in [6.45, 7) is 1.88. The predicted octanol–water partition coefficient (Wildman–Crippen LogP) is 2.48. The van der Waals surface area contributed by atoms with Crippen molar-refractivity contribution < 1.29 is 34.6 Å². The molecular formula is C21H42O7. The summed E-state index contributed by atoms with van der Waals surface area (Å²) >= 11 is 0. The van der Waals surface area contributed by atoms with Crippen LogP contribution in [0.15, 0.2) is 0 Å². The molecule has 0 aliphatic carbocycles. The van der Waals surface area contributed by atoms with E-state index in [9.17, 15) is 20.4 Å². The summed E-state index contributed by atoms with van der Waals surface area (Å²) in [6.07, 6.45) is 9.05. The molecule has 1 aliphatic rings. The lowest BCUT2D eigenvalue weighted by atomic mass is 9.96. The SMILES string of the molecule is CCCCCCCCCCCCCCOC1(CO)O[C@H](OC)[C@@H](O)[C@@H](O)[C@H]1O. The van der Waals surface area contributed by atoms with Crippen molar-refractivity contribution in [1.82, 2.24) is 0 Å². The quantitative estimate of drug-likeness (QED) is 0.292. The van der Waals surface area contributed by atoms with Crippen molar-refractivity contribution in [3.05, 3.63) is 0 Å². The zero-order valence-electron chi connectivity index (χ0n) is 17.7. The first-order valence-electron chi connectivity index (χ1n) is 11.0. The maximum atomic E-state index is 10.2. The molecule has 0 amide bonds. The van der Waals surface area contributed by atoms with E-state index in [0.29, 0.717) is 0 Å². The fourth-order valence-electron chi connectivity index (χ4n) is 3.62. The van der Waals surface area contributed by atoms with E-state index in [1.54, 1.807) is 0 Å². The lowest BCUT2D eigenvalue weighted by Crippen LogP contribution is -2.67. The lowest BCUT2D eigenvalue weighted by Gasteiger charge is -2.46. The molecule has 0 radical (unpaired) electrons. The molecule has 0 spiro atoms. The van der Waals surface area contributed by atoms with Gasteiger partial charge in [-0.3, -0.25) is 0 Å². The van der Waals surface area contributed by atoms with E-state index in [1.807, 2.05) is 0 Å². The van der Waals surface area contributed by atoms with Crippen LogP contribution >= 0.6 is 0 Å². The van der Waals surface area contributed by atoms with Gasteiger partial charge in [-0.2, -0.15) is 0 Å². The van der Waals surface area contributed by atoms with Gasteiger partial charge in [0.05, 0.1) is 6.61 Å². The van der Waals surface area contributed by atoms with Crippen LogP contribution in [-0.2, 0) is 14.2 Å². The number of methoxy groups -OCH3 is 1. The highest BCUT2D eigenvalue weighted by molar-refractivity contribution is 4.94. The number of ether oxygens (including phenoxy) is 3. The summed E-state index contributed by atoms with van der Waals surface area (Å²) in [5, 5.41) is 39.6. The molecule has 0 aromatic carbocycles. The van der Waals surface area contributed by atoms with Gasteiger partial charge in [0.15, 0.2) is 6.29 Å². The summed E-state index contributed by atoms with van der Waals surface area (Å²) in [5.41, 5.74) is 0. The Morgan fingerprint density at radius 2 is 1.29 bits per heavy atom. The lowest BCUT2D eigenvalue weighted by molar-refractivity contribution is -0.405. The first-order valence-corrected chi connectivity index (χ1v) is 11.0. The Balaban J connectivity index is 2.14. The highest BCUT2D eigenvalue weighted by atomic mass is 16.8. The van der Waals surface area contributed by atoms with Gasteiger partial charge in [0, 0.05) is 7.11 Å². The molecule has 0 bridgehead atoms. The molecule has 1 fully saturated rings. The molecule has 168 valence electrons. The van der Waals surface area contributed by atoms with Crippen LogP contribution in [0.3, 0.4) is 0 Å². The van der Waals surface area contributed by atoms with Crippen LogP contribution in [0.2, 0.25) is 0 Å². The highest BCUT2D eigenvalue weighted by Crippen LogP contribution is 2.31. The molecule has 0 saturated carbocycles. The summed E-state index contributed by atoms with van der Waals surface area (Å²) in [6, 6.07) is 0. The summed E-state index contributed by atoms with van der Waals surface area (Å²) < 4.78 is 16.0. The highest BCUT2D eigenvalue weighted by Gasteiger charge is 2.54. The molecule has 1 saturated heterocycles. The van der Waals surface area contributed by atoms with E-state index in [4.69, 9.17) is 14.2 Å². The zero-order chi connectivity index (χ0) is 20.8. The van der Waals surface area contributed by atoms with Gasteiger partial charge in [0.25, 0.3) is 0 Å². The molecular weight excluding hydrogens is 364 g/mol. The topological polar surface area (TPSA) is 109 Å². The zero-order valence-corrected chi connectivity index (χ0v) is 17.7. The van der Waals surface area contributed by atoms with E-state index in [-0.39, 0.29) is 6.61 Å². The Hall–Kier alpha value is -0.280. The van der Waals surface area contributed by atoms with Gasteiger partial charge >= 0.3 is 0 Å². The van der Waals surface area contributed by atoms with Crippen LogP contribution in [0.5, 0.6) is 0 Å². The second-order valence-electron chi connectivity index (χ2n) is 7.86. The largest absolute Gasteiger partial charge is 0.391 e. The summed E-state index contributed by atoms with van der Waals surface area (Å²) in [7, 11) is 1.31. The first kappa shape index (κ1) is 25.8. The van der Waals surface area contributed by atoms with Crippen molar-refractivity contribution in [3.8, 4) is 0 Å². The Morgan fingerprint density at radius 3 is 1.75 bits per heavy atom. The Kier molecular flexibility index (Phi) is 13.5. The smallest absolute Gasteiger partial charge is 0.223 e. The summed E-state index contributed by atoms with van der Waals surface area (Å²) in [4.78, 5) is 0. The van der Waals surface area contributed by atoms with Crippen molar-refractivity contribution in [2.75, 3.05) is 20.3 Å². The molecule has 5 atom stereocenters. The molecule has 1 aliphatic heterocycles. The Bertz CT molecular complexity index is 380. The van der Waals surface area contributed by atoms with Crippen LogP contribution < -0.4 is 0 Å². The van der Waals surface area contributed by atoms with Crippen LogP contribution in [0.4, 0.5) is 0 Å². The number of aliphatic hydroxyl groups excluding tert-OH is 4. The van der Waals surface area contributed by atoms with Gasteiger partial charge in [0.1, 0.15) is 24.9 Å². The first-order chi connectivity index (χ1) is 13.5. The summed E-state index contributed by atoms with van der Waals surface area (Å²) in [5.74, 6) is -1.78. The van der Waals surface area contributed by atoms with Crippen molar-refractivity contribution in [2.45, 2.75) is 114 Å². The molecule has 0 aromatic rings. The third-order valence-corrected chi connectivity index (χ3v) is 5.52. The number of hydrogen-bond acceptors (Lipinski definition) is 7. The number of hydrogen-bond donors (Lipinski definition) is 4. The number of rotatable bonds is 16. The molecule has 7 heteroatoms. The monoisotopic (exact) mass is 406 g/mol. The van der Waals surface area contributed by atoms with Gasteiger partial charge in [0.2, 0.25) is 5.79 Å². The predicted molar refractivity (Wildman–Crippen MR) is 107 cm³/mol. The molecule has 28 heavy (non-hydrogen) atoms. The van der Waals surface area contributed by atoms with Gasteiger partial charge in [-0.05, 0) is 6.42 Å². The molecule has 1 rings (SSSR count). The second-order valence-corrected chi connectivity index (χ2v) is 7.86. The van der Waals surface area contributed by atoms with Crippen molar-refractivity contribution in [1.29, 1.82) is 0 Å². The molecule has 1 unspecified atom stereocenters. The molecule has 4 N–H and O–H groups in total. The van der Waals surface area contributed by atoms with E-state index in [2.05, 4.69) is 6.92 Å². The molecule has 7 nitrogen and oxygen atoms in total. The minimum absolute atomic E-state index is 0.286. The van der Waals surface area contributed by atoms with Crippen LogP contribution in [0.25, 0.3) is 0 Å². The van der Waals surface area contributed by atoms with Crippen molar-refractivity contribution in [3.63, 3.8) is 0 Å². The maximum Gasteiger partial charge on any atom is 0.223 e.